The van der Waals surface area contributed by atoms with Gasteiger partial charge in [-0.3, -0.25) is 4.79 Å². The number of fused-ring (bicyclic) bond motifs is 1. The molecule has 2 heterocycles. The van der Waals surface area contributed by atoms with E-state index in [0.29, 0.717) is 17.7 Å². The molecule has 0 fully saturated rings. The number of nitrogens with one attached hydrogen (secondary N) is 1. The number of carboxylic acid groups (broad SMARTS) is 1. The van der Waals surface area contributed by atoms with Crippen LogP contribution in [0.4, 0.5) is 5.69 Å². The minimum absolute atomic E-state index is 0.0986. The van der Waals surface area contributed by atoms with Crippen LogP contribution in [0.1, 0.15) is 38.0 Å². The number of rotatable bonds is 3. The molecule has 1 amide bonds. The lowest BCUT2D eigenvalue weighted by Gasteiger charge is -2.24. The molecule has 27 heavy (non-hydrogen) atoms. The first kappa shape index (κ1) is 17.9. The highest BCUT2D eigenvalue weighted by Crippen LogP contribution is 2.49. The molecule has 0 saturated carbocycles. The fourth-order valence-electron chi connectivity index (χ4n) is 3.40. The molecule has 1 aliphatic rings. The Balaban J connectivity index is 1.92. The zero-order valence-corrected chi connectivity index (χ0v) is 16.9. The van der Waals surface area contributed by atoms with E-state index in [2.05, 4.69) is 21.2 Å². The number of hydrogen-bond donors (Lipinski definition) is 2. The molecule has 1 aliphatic heterocycles. The zero-order chi connectivity index (χ0) is 19.1. The molecule has 1 atom stereocenters. The number of carboxylic acids is 1. The molecule has 136 valence electrons. The normalized spacial score (nSPS) is 15.9. The largest absolute Gasteiger partial charge is 0.477 e. The summed E-state index contributed by atoms with van der Waals surface area (Å²) in [6.07, 6.45) is 0.307. The van der Waals surface area contributed by atoms with E-state index >= 15 is 0 Å². The highest BCUT2D eigenvalue weighted by Gasteiger charge is 2.34. The number of amides is 1. The minimum atomic E-state index is -0.978. The number of aromatic carboxylic acids is 1. The standard InChI is InChI=1S/C21H16BrNO3S/c1-11-2-4-13(5-3-11)17-18-19(27-20(17)21(25)26)15(10-16(24)23-18)12-6-8-14(22)9-7-12/h2-9,15H,10H2,1H3,(H,23,24)(H,25,26)/t15-/m0/s1. The molecular formula is C21H16BrNO3S. The molecular weight excluding hydrogens is 426 g/mol. The average Bonchev–Trinajstić information content (AvgIpc) is 3.02. The maximum Gasteiger partial charge on any atom is 0.346 e. The first-order valence-electron chi connectivity index (χ1n) is 8.46. The lowest BCUT2D eigenvalue weighted by molar-refractivity contribution is -0.116. The predicted molar refractivity (Wildman–Crippen MR) is 111 cm³/mol. The van der Waals surface area contributed by atoms with E-state index in [1.807, 2.05) is 55.5 Å². The van der Waals surface area contributed by atoms with Crippen LogP contribution in [-0.2, 0) is 4.79 Å². The third-order valence-electron chi connectivity index (χ3n) is 4.71. The summed E-state index contributed by atoms with van der Waals surface area (Å²) in [6, 6.07) is 15.5. The number of aryl methyl sites for hydroxylation is 1. The van der Waals surface area contributed by atoms with Crippen LogP contribution in [0.2, 0.25) is 0 Å². The van der Waals surface area contributed by atoms with E-state index in [1.165, 1.54) is 11.3 Å². The summed E-state index contributed by atoms with van der Waals surface area (Å²) < 4.78 is 0.962. The average molecular weight is 442 g/mol. The molecule has 0 unspecified atom stereocenters. The first-order chi connectivity index (χ1) is 12.9. The Bertz CT molecular complexity index is 1040. The number of carbonyl (C=O) groups is 2. The van der Waals surface area contributed by atoms with Crippen LogP contribution in [0, 0.1) is 6.92 Å². The lowest BCUT2D eigenvalue weighted by atomic mass is 9.88. The van der Waals surface area contributed by atoms with Crippen molar-refractivity contribution in [3.8, 4) is 11.1 Å². The van der Waals surface area contributed by atoms with Gasteiger partial charge in [0, 0.05) is 27.3 Å². The molecule has 0 spiro atoms. The highest BCUT2D eigenvalue weighted by molar-refractivity contribution is 9.10. The summed E-state index contributed by atoms with van der Waals surface area (Å²) in [5, 5.41) is 12.7. The highest BCUT2D eigenvalue weighted by atomic mass is 79.9. The van der Waals surface area contributed by atoms with Gasteiger partial charge in [-0.05, 0) is 30.2 Å². The third kappa shape index (κ3) is 3.31. The zero-order valence-electron chi connectivity index (χ0n) is 14.5. The van der Waals surface area contributed by atoms with Crippen molar-refractivity contribution in [2.45, 2.75) is 19.3 Å². The summed E-state index contributed by atoms with van der Waals surface area (Å²) in [7, 11) is 0. The van der Waals surface area contributed by atoms with Crippen molar-refractivity contribution in [1.82, 2.24) is 0 Å². The monoisotopic (exact) mass is 441 g/mol. The van der Waals surface area contributed by atoms with Crippen LogP contribution < -0.4 is 5.32 Å². The van der Waals surface area contributed by atoms with Gasteiger partial charge in [-0.25, -0.2) is 4.79 Å². The number of halogens is 1. The third-order valence-corrected chi connectivity index (χ3v) is 6.53. The van der Waals surface area contributed by atoms with Crippen LogP contribution in [0.5, 0.6) is 0 Å². The summed E-state index contributed by atoms with van der Waals surface area (Å²) >= 11 is 4.68. The quantitative estimate of drug-likeness (QED) is 0.550. The van der Waals surface area contributed by atoms with E-state index in [-0.39, 0.29) is 16.7 Å². The molecule has 0 bridgehead atoms. The smallest absolute Gasteiger partial charge is 0.346 e. The van der Waals surface area contributed by atoms with Crippen LogP contribution in [-0.4, -0.2) is 17.0 Å². The van der Waals surface area contributed by atoms with Crippen molar-refractivity contribution in [1.29, 1.82) is 0 Å². The van der Waals surface area contributed by atoms with Gasteiger partial charge in [0.1, 0.15) is 4.88 Å². The summed E-state index contributed by atoms with van der Waals surface area (Å²) in [5.41, 5.74) is 4.12. The fraction of sp³-hybridized carbons (Fsp3) is 0.143. The van der Waals surface area contributed by atoms with E-state index in [1.54, 1.807) is 0 Å². The summed E-state index contributed by atoms with van der Waals surface area (Å²) in [4.78, 5) is 25.5. The number of carbonyl (C=O) groups excluding carboxylic acids is 1. The van der Waals surface area contributed by atoms with Crippen molar-refractivity contribution in [3.05, 3.63) is 73.9 Å². The van der Waals surface area contributed by atoms with Crippen LogP contribution in [0.15, 0.2) is 53.0 Å². The van der Waals surface area contributed by atoms with Gasteiger partial charge in [0.05, 0.1) is 5.69 Å². The molecule has 4 nitrogen and oxygen atoms in total. The van der Waals surface area contributed by atoms with Crippen LogP contribution in [0.3, 0.4) is 0 Å². The van der Waals surface area contributed by atoms with Gasteiger partial charge in [0.2, 0.25) is 5.91 Å². The summed E-state index contributed by atoms with van der Waals surface area (Å²) in [6.45, 7) is 1.98. The van der Waals surface area contributed by atoms with Gasteiger partial charge in [0.15, 0.2) is 0 Å². The first-order valence-corrected chi connectivity index (χ1v) is 10.1. The van der Waals surface area contributed by atoms with Gasteiger partial charge >= 0.3 is 5.97 Å². The molecule has 0 aliphatic carbocycles. The second-order valence-electron chi connectivity index (χ2n) is 6.57. The predicted octanol–water partition coefficient (Wildman–Crippen LogP) is 5.66. The minimum Gasteiger partial charge on any atom is -0.477 e. The van der Waals surface area contributed by atoms with Gasteiger partial charge in [-0.2, -0.15) is 0 Å². The number of anilines is 1. The van der Waals surface area contributed by atoms with E-state index in [4.69, 9.17) is 0 Å². The Morgan fingerprint density at radius 3 is 2.44 bits per heavy atom. The Hall–Kier alpha value is -2.44. The number of benzene rings is 2. The van der Waals surface area contributed by atoms with Crippen molar-refractivity contribution in [2.75, 3.05) is 5.32 Å². The van der Waals surface area contributed by atoms with Gasteiger partial charge in [0.25, 0.3) is 0 Å². The van der Waals surface area contributed by atoms with Gasteiger partial charge in [-0.1, -0.05) is 57.9 Å². The van der Waals surface area contributed by atoms with E-state index in [0.717, 1.165) is 26.0 Å². The molecule has 2 aromatic carbocycles. The molecule has 3 aromatic rings. The maximum absolute atomic E-state index is 12.4. The summed E-state index contributed by atoms with van der Waals surface area (Å²) in [5.74, 6) is -1.23. The Kier molecular flexibility index (Phi) is 4.61. The molecule has 2 N–H and O–H groups in total. The van der Waals surface area contributed by atoms with Crippen molar-refractivity contribution in [3.63, 3.8) is 0 Å². The number of thiophene rings is 1. The molecule has 1 aromatic heterocycles. The van der Waals surface area contributed by atoms with Crippen molar-refractivity contribution >= 4 is 44.8 Å². The van der Waals surface area contributed by atoms with Crippen LogP contribution >= 0.6 is 27.3 Å². The SMILES string of the molecule is Cc1ccc(-c2c(C(=O)O)sc3c2NC(=O)C[C@H]3c2ccc(Br)cc2)cc1. The van der Waals surface area contributed by atoms with Gasteiger partial charge in [-0.15, -0.1) is 11.3 Å². The molecule has 0 radical (unpaired) electrons. The molecule has 0 saturated heterocycles. The van der Waals surface area contributed by atoms with Crippen molar-refractivity contribution < 1.29 is 14.7 Å². The van der Waals surface area contributed by atoms with Crippen LogP contribution in [0.25, 0.3) is 11.1 Å². The van der Waals surface area contributed by atoms with E-state index in [9.17, 15) is 14.7 Å². The Morgan fingerprint density at radius 1 is 1.15 bits per heavy atom. The topological polar surface area (TPSA) is 66.4 Å². The van der Waals surface area contributed by atoms with E-state index < -0.39 is 5.97 Å². The molecule has 6 heteroatoms. The molecule has 4 rings (SSSR count). The Labute approximate surface area is 169 Å². The second kappa shape index (κ2) is 6.94. The Morgan fingerprint density at radius 2 is 1.81 bits per heavy atom. The van der Waals surface area contributed by atoms with Gasteiger partial charge < -0.3 is 10.4 Å². The second-order valence-corrected chi connectivity index (χ2v) is 8.54. The maximum atomic E-state index is 12.4. The van der Waals surface area contributed by atoms with Crippen molar-refractivity contribution in [2.24, 2.45) is 0 Å². The lowest BCUT2D eigenvalue weighted by Crippen LogP contribution is -2.22. The fourth-order valence-corrected chi connectivity index (χ4v) is 4.91. The number of hydrogen-bond acceptors (Lipinski definition) is 3.